The number of methoxy groups -OCH3 is 1. The highest BCUT2D eigenvalue weighted by atomic mass is 35.5. The highest BCUT2D eigenvalue weighted by Crippen LogP contribution is 2.28. The molecule has 0 aliphatic rings. The van der Waals surface area contributed by atoms with E-state index in [1.807, 2.05) is 31.2 Å². The Morgan fingerprint density at radius 2 is 1.64 bits per heavy atom. The van der Waals surface area contributed by atoms with E-state index in [4.69, 9.17) is 27.9 Å². The van der Waals surface area contributed by atoms with Crippen molar-refractivity contribution in [3.63, 3.8) is 0 Å². The number of ether oxygens (including phenoxy) is 1. The van der Waals surface area contributed by atoms with Crippen LogP contribution in [-0.4, -0.2) is 27.7 Å². The van der Waals surface area contributed by atoms with Gasteiger partial charge in [0.15, 0.2) is 0 Å². The first-order valence-electron chi connectivity index (χ1n) is 10.0. The van der Waals surface area contributed by atoms with Gasteiger partial charge in [-0.25, -0.2) is 8.42 Å². The molecule has 0 heterocycles. The molecule has 3 aromatic carbocycles. The maximum Gasteiger partial charge on any atom is 0.251 e. The van der Waals surface area contributed by atoms with Gasteiger partial charge < -0.3 is 10.1 Å². The van der Waals surface area contributed by atoms with Crippen LogP contribution in [0.25, 0.3) is 0 Å². The largest absolute Gasteiger partial charge is 0.496 e. The van der Waals surface area contributed by atoms with Gasteiger partial charge in [-0.2, -0.15) is 0 Å². The van der Waals surface area contributed by atoms with Gasteiger partial charge >= 0.3 is 0 Å². The van der Waals surface area contributed by atoms with Crippen LogP contribution in [-0.2, 0) is 16.6 Å². The lowest BCUT2D eigenvalue weighted by molar-refractivity contribution is 0.0939. The average Bonchev–Trinajstić information content (AvgIpc) is 2.76. The minimum Gasteiger partial charge on any atom is -0.496 e. The Bertz CT molecular complexity index is 1230. The SMILES string of the molecule is COc1ccccc1[C@H](C)NC(=O)c1ccc(CN(c2cc(Cl)cc(Cl)c2)S(C)(=O)=O)cc1. The lowest BCUT2D eigenvalue weighted by Crippen LogP contribution is -2.29. The number of carbonyl (C=O) groups excluding carboxylic acids is 1. The summed E-state index contributed by atoms with van der Waals surface area (Å²) < 4.78 is 31.4. The zero-order valence-corrected chi connectivity index (χ0v) is 20.7. The van der Waals surface area contributed by atoms with Gasteiger partial charge in [-0.15, -0.1) is 0 Å². The standard InChI is InChI=1S/C24H24Cl2N2O4S/c1-16(22-6-4-5-7-23(22)32-2)27-24(29)18-10-8-17(9-11-18)15-28(33(3,30)31)21-13-19(25)12-20(26)14-21/h4-14,16H,15H2,1-3H3,(H,27,29)/t16-/m0/s1. The molecule has 0 saturated heterocycles. The maximum absolute atomic E-state index is 12.7. The van der Waals surface area contributed by atoms with Crippen molar-refractivity contribution in [1.82, 2.24) is 5.32 Å². The topological polar surface area (TPSA) is 75.7 Å². The lowest BCUT2D eigenvalue weighted by Gasteiger charge is -2.23. The molecule has 0 unspecified atom stereocenters. The summed E-state index contributed by atoms with van der Waals surface area (Å²) in [6.45, 7) is 1.94. The van der Waals surface area contributed by atoms with E-state index < -0.39 is 10.0 Å². The van der Waals surface area contributed by atoms with E-state index in [1.165, 1.54) is 22.5 Å². The first kappa shape index (κ1) is 24.9. The Morgan fingerprint density at radius 3 is 2.21 bits per heavy atom. The zero-order chi connectivity index (χ0) is 24.2. The van der Waals surface area contributed by atoms with Crippen molar-refractivity contribution in [1.29, 1.82) is 0 Å². The quantitative estimate of drug-likeness (QED) is 0.440. The number of benzene rings is 3. The second kappa shape index (κ2) is 10.5. The number of rotatable bonds is 8. The number of amides is 1. The second-order valence-electron chi connectivity index (χ2n) is 7.53. The van der Waals surface area contributed by atoms with Crippen LogP contribution in [0.5, 0.6) is 5.75 Å². The van der Waals surface area contributed by atoms with Gasteiger partial charge in [0.2, 0.25) is 10.0 Å². The molecule has 0 aliphatic carbocycles. The number of nitrogens with zero attached hydrogens (tertiary/aromatic N) is 1. The first-order valence-corrected chi connectivity index (χ1v) is 12.7. The van der Waals surface area contributed by atoms with Gasteiger partial charge in [0, 0.05) is 21.2 Å². The van der Waals surface area contributed by atoms with Crippen LogP contribution >= 0.6 is 23.2 Å². The highest BCUT2D eigenvalue weighted by molar-refractivity contribution is 7.92. The minimum atomic E-state index is -3.60. The van der Waals surface area contributed by atoms with Crippen molar-refractivity contribution in [2.45, 2.75) is 19.5 Å². The molecule has 9 heteroatoms. The third kappa shape index (κ3) is 6.41. The number of halogens is 2. The molecule has 0 aliphatic heterocycles. The van der Waals surface area contributed by atoms with Crippen LogP contribution in [0.15, 0.2) is 66.7 Å². The molecular formula is C24H24Cl2N2O4S. The maximum atomic E-state index is 12.7. The predicted octanol–water partition coefficient (Wildman–Crippen LogP) is 5.46. The van der Waals surface area contributed by atoms with E-state index in [2.05, 4.69) is 5.32 Å². The van der Waals surface area contributed by atoms with Crippen LogP contribution in [0.2, 0.25) is 10.0 Å². The van der Waals surface area contributed by atoms with Crippen molar-refractivity contribution in [2.24, 2.45) is 0 Å². The van der Waals surface area contributed by atoms with Gasteiger partial charge in [-0.05, 0) is 48.9 Å². The van der Waals surface area contributed by atoms with Gasteiger partial charge in [-0.1, -0.05) is 53.5 Å². The Balaban J connectivity index is 1.76. The summed E-state index contributed by atoms with van der Waals surface area (Å²) in [5.41, 5.74) is 2.39. The fourth-order valence-corrected chi connectivity index (χ4v) is 4.78. The second-order valence-corrected chi connectivity index (χ2v) is 10.3. The molecule has 6 nitrogen and oxygen atoms in total. The Kier molecular flexibility index (Phi) is 7.89. The van der Waals surface area contributed by atoms with E-state index in [0.717, 1.165) is 11.8 Å². The van der Waals surface area contributed by atoms with Gasteiger partial charge in [0.25, 0.3) is 5.91 Å². The lowest BCUT2D eigenvalue weighted by atomic mass is 10.1. The average molecular weight is 507 g/mol. The van der Waals surface area contributed by atoms with Crippen molar-refractivity contribution >= 4 is 44.8 Å². The van der Waals surface area contributed by atoms with Crippen LogP contribution in [0, 0.1) is 0 Å². The third-order valence-electron chi connectivity index (χ3n) is 5.03. The molecule has 0 radical (unpaired) electrons. The summed E-state index contributed by atoms with van der Waals surface area (Å²) in [4.78, 5) is 12.7. The van der Waals surface area contributed by atoms with Gasteiger partial charge in [0.1, 0.15) is 5.75 Å². The van der Waals surface area contributed by atoms with Crippen LogP contribution in [0.4, 0.5) is 5.69 Å². The number of anilines is 1. The smallest absolute Gasteiger partial charge is 0.251 e. The first-order chi connectivity index (χ1) is 15.6. The van der Waals surface area contributed by atoms with Gasteiger partial charge in [-0.3, -0.25) is 9.10 Å². The molecule has 1 atom stereocenters. The number of carbonyl (C=O) groups is 1. The number of sulfonamides is 1. The van der Waals surface area contributed by atoms with E-state index >= 15 is 0 Å². The number of hydrogen-bond acceptors (Lipinski definition) is 4. The van der Waals surface area contributed by atoms with Crippen molar-refractivity contribution in [2.75, 3.05) is 17.7 Å². The molecule has 0 fully saturated rings. The number of hydrogen-bond donors (Lipinski definition) is 1. The van der Waals surface area contributed by atoms with Crippen LogP contribution in [0.3, 0.4) is 0 Å². The summed E-state index contributed by atoms with van der Waals surface area (Å²) >= 11 is 12.1. The summed E-state index contributed by atoms with van der Waals surface area (Å²) in [6.07, 6.45) is 1.11. The minimum absolute atomic E-state index is 0.0645. The molecule has 0 spiro atoms. The molecule has 1 N–H and O–H groups in total. The molecule has 33 heavy (non-hydrogen) atoms. The number of para-hydroxylation sites is 1. The summed E-state index contributed by atoms with van der Waals surface area (Å²) in [7, 11) is -2.02. The van der Waals surface area contributed by atoms with Crippen molar-refractivity contribution in [3.05, 3.63) is 93.5 Å². The molecule has 3 rings (SSSR count). The Labute approximate surface area is 204 Å². The van der Waals surface area contributed by atoms with E-state index in [-0.39, 0.29) is 18.5 Å². The fourth-order valence-electron chi connectivity index (χ4n) is 3.39. The molecule has 0 bridgehead atoms. The van der Waals surface area contributed by atoms with Crippen LogP contribution < -0.4 is 14.4 Å². The number of nitrogens with one attached hydrogen (secondary N) is 1. The highest BCUT2D eigenvalue weighted by Gasteiger charge is 2.20. The van der Waals surface area contributed by atoms with Gasteiger partial charge in [0.05, 0.1) is 31.6 Å². The molecule has 3 aromatic rings. The summed E-state index contributed by atoms with van der Waals surface area (Å²) in [5, 5.41) is 3.63. The van der Waals surface area contributed by atoms with E-state index in [0.29, 0.717) is 32.6 Å². The Hall–Kier alpha value is -2.74. The predicted molar refractivity (Wildman–Crippen MR) is 133 cm³/mol. The normalized spacial score (nSPS) is 12.2. The third-order valence-corrected chi connectivity index (χ3v) is 6.61. The summed E-state index contributed by atoms with van der Waals surface area (Å²) in [5.74, 6) is 0.448. The molecule has 0 saturated carbocycles. The molecule has 0 aromatic heterocycles. The van der Waals surface area contributed by atoms with Crippen molar-refractivity contribution in [3.8, 4) is 5.75 Å². The van der Waals surface area contributed by atoms with Crippen LogP contribution in [0.1, 0.15) is 34.5 Å². The molecular weight excluding hydrogens is 483 g/mol. The zero-order valence-electron chi connectivity index (χ0n) is 18.4. The summed E-state index contributed by atoms with van der Waals surface area (Å²) in [6, 6.07) is 18.6. The monoisotopic (exact) mass is 506 g/mol. The van der Waals surface area contributed by atoms with Crippen molar-refractivity contribution < 1.29 is 17.9 Å². The molecule has 1 amide bonds. The Morgan fingerprint density at radius 1 is 1.03 bits per heavy atom. The van der Waals surface area contributed by atoms with E-state index in [9.17, 15) is 13.2 Å². The van der Waals surface area contributed by atoms with E-state index in [1.54, 1.807) is 31.4 Å². The fraction of sp³-hybridized carbons (Fsp3) is 0.208. The molecule has 174 valence electrons.